The molecule has 8 nitrogen and oxygen atoms in total. The van der Waals surface area contributed by atoms with Gasteiger partial charge in [0.15, 0.2) is 11.5 Å². The molecule has 0 fully saturated rings. The van der Waals surface area contributed by atoms with Gasteiger partial charge in [-0.3, -0.25) is 0 Å². The number of rotatable bonds is 5. The van der Waals surface area contributed by atoms with Crippen LogP contribution in [0.2, 0.25) is 0 Å². The Kier molecular flexibility index (Phi) is 4.50. The van der Waals surface area contributed by atoms with Gasteiger partial charge in [0, 0.05) is 30.2 Å². The summed E-state index contributed by atoms with van der Waals surface area (Å²) >= 11 is 0. The molecule has 2 aromatic rings. The first kappa shape index (κ1) is 16.7. The molecule has 0 saturated carbocycles. The van der Waals surface area contributed by atoms with Gasteiger partial charge < -0.3 is 30.8 Å². The third kappa shape index (κ3) is 3.09. The molecule has 1 aromatic carbocycles. The lowest BCUT2D eigenvalue weighted by atomic mass is 9.98. The van der Waals surface area contributed by atoms with Gasteiger partial charge in [-0.2, -0.15) is 10.2 Å². The third-order valence-corrected chi connectivity index (χ3v) is 3.85. The van der Waals surface area contributed by atoms with E-state index < -0.39 is 0 Å². The summed E-state index contributed by atoms with van der Waals surface area (Å²) in [5, 5.41) is 19.3. The fourth-order valence-electron chi connectivity index (χ4n) is 2.60. The van der Waals surface area contributed by atoms with Crippen molar-refractivity contribution in [3.63, 3.8) is 0 Å². The van der Waals surface area contributed by atoms with Crippen LogP contribution in [0.1, 0.15) is 23.6 Å². The van der Waals surface area contributed by atoms with E-state index >= 15 is 0 Å². The Hall–Kier alpha value is -3.18. The van der Waals surface area contributed by atoms with E-state index in [1.807, 2.05) is 13.0 Å². The number of nitriles is 1. The summed E-state index contributed by atoms with van der Waals surface area (Å²) in [6.07, 6.45) is 0.366. The summed E-state index contributed by atoms with van der Waals surface area (Å²) in [6.45, 7) is 3.21. The number of nitrogens with two attached hydrogens (primary N) is 2. The maximum atomic E-state index is 10.1. The summed E-state index contributed by atoms with van der Waals surface area (Å²) < 4.78 is 16.5. The molecule has 0 amide bonds. The number of nitrogens with zero attached hydrogens (tertiary/aromatic N) is 2. The SMILES string of the molecule is CCOCCOc1cc2c(cc1O)Cc1c(nc(N)c(C#N)c1N)O2. The molecule has 0 unspecified atom stereocenters. The summed E-state index contributed by atoms with van der Waals surface area (Å²) in [4.78, 5) is 4.11. The van der Waals surface area contributed by atoms with Crippen molar-refractivity contribution in [1.29, 1.82) is 5.26 Å². The van der Waals surface area contributed by atoms with Crippen molar-refractivity contribution in [2.24, 2.45) is 0 Å². The molecule has 25 heavy (non-hydrogen) atoms. The predicted molar refractivity (Wildman–Crippen MR) is 90.8 cm³/mol. The highest BCUT2D eigenvalue weighted by atomic mass is 16.5. The molecule has 1 aliphatic rings. The first-order chi connectivity index (χ1) is 12.0. The van der Waals surface area contributed by atoms with Crippen molar-refractivity contribution in [1.82, 2.24) is 4.98 Å². The quantitative estimate of drug-likeness (QED) is 0.598. The molecule has 5 N–H and O–H groups in total. The number of pyridine rings is 1. The molecule has 0 atom stereocenters. The van der Waals surface area contributed by atoms with Crippen LogP contribution >= 0.6 is 0 Å². The third-order valence-electron chi connectivity index (χ3n) is 3.85. The van der Waals surface area contributed by atoms with Crippen molar-refractivity contribution in [3.8, 4) is 29.2 Å². The molecule has 130 valence electrons. The van der Waals surface area contributed by atoms with E-state index in [-0.39, 0.29) is 34.4 Å². The number of benzene rings is 1. The van der Waals surface area contributed by atoms with Gasteiger partial charge in [0.2, 0.25) is 5.88 Å². The van der Waals surface area contributed by atoms with Crippen LogP contribution in [0.15, 0.2) is 12.1 Å². The minimum absolute atomic E-state index is 0.00946. The number of anilines is 2. The summed E-state index contributed by atoms with van der Waals surface area (Å²) in [7, 11) is 0. The minimum atomic E-state index is -0.00946. The average Bonchev–Trinajstić information content (AvgIpc) is 2.58. The van der Waals surface area contributed by atoms with Gasteiger partial charge in [-0.25, -0.2) is 0 Å². The highest BCUT2D eigenvalue weighted by molar-refractivity contribution is 5.72. The fourth-order valence-corrected chi connectivity index (χ4v) is 2.60. The topological polar surface area (TPSA) is 137 Å². The molecule has 1 aromatic heterocycles. The van der Waals surface area contributed by atoms with E-state index in [1.165, 1.54) is 0 Å². The Morgan fingerprint density at radius 1 is 1.36 bits per heavy atom. The molecule has 0 saturated heterocycles. The van der Waals surface area contributed by atoms with E-state index in [0.29, 0.717) is 43.1 Å². The molecular weight excluding hydrogens is 324 g/mol. The lowest BCUT2D eigenvalue weighted by molar-refractivity contribution is 0.109. The Labute approximate surface area is 144 Å². The summed E-state index contributed by atoms with van der Waals surface area (Å²) in [6, 6.07) is 5.08. The maximum absolute atomic E-state index is 10.1. The smallest absolute Gasteiger partial charge is 0.226 e. The lowest BCUT2D eigenvalue weighted by Gasteiger charge is -2.22. The Balaban J connectivity index is 1.90. The van der Waals surface area contributed by atoms with Gasteiger partial charge in [-0.15, -0.1) is 0 Å². The molecule has 3 rings (SSSR count). The first-order valence-electron chi connectivity index (χ1n) is 7.77. The number of ether oxygens (including phenoxy) is 3. The van der Waals surface area contributed by atoms with E-state index in [4.69, 9.17) is 30.9 Å². The Morgan fingerprint density at radius 3 is 2.88 bits per heavy atom. The second kappa shape index (κ2) is 6.75. The van der Waals surface area contributed by atoms with Crippen LogP contribution in [0.3, 0.4) is 0 Å². The highest BCUT2D eigenvalue weighted by Gasteiger charge is 2.25. The number of hydrogen-bond acceptors (Lipinski definition) is 8. The number of hydrogen-bond donors (Lipinski definition) is 3. The van der Waals surface area contributed by atoms with Crippen LogP contribution in [0, 0.1) is 11.3 Å². The Bertz CT molecular complexity index is 861. The van der Waals surface area contributed by atoms with Crippen LogP contribution < -0.4 is 20.9 Å². The molecule has 0 radical (unpaired) electrons. The van der Waals surface area contributed by atoms with Crippen LogP contribution in [-0.4, -0.2) is 29.9 Å². The predicted octanol–water partition coefficient (Wildman–Crippen LogP) is 1.94. The van der Waals surface area contributed by atoms with E-state index in [2.05, 4.69) is 4.98 Å². The zero-order chi connectivity index (χ0) is 18.0. The van der Waals surface area contributed by atoms with Gasteiger partial charge in [-0.1, -0.05) is 0 Å². The molecule has 0 aliphatic carbocycles. The molecular formula is C17H18N4O4. The molecule has 0 bridgehead atoms. The molecule has 2 heterocycles. The number of phenols is 1. The number of phenolic OH excluding ortho intramolecular Hbond substituents is 1. The summed E-state index contributed by atoms with van der Waals surface area (Å²) in [5.41, 5.74) is 13.4. The van der Waals surface area contributed by atoms with Crippen molar-refractivity contribution in [2.45, 2.75) is 13.3 Å². The zero-order valence-electron chi connectivity index (χ0n) is 13.7. The minimum Gasteiger partial charge on any atom is -0.504 e. The largest absolute Gasteiger partial charge is 0.504 e. The summed E-state index contributed by atoms with van der Waals surface area (Å²) in [5.74, 6) is 1.05. The normalized spacial score (nSPS) is 11.8. The van der Waals surface area contributed by atoms with Crippen LogP contribution in [0.25, 0.3) is 0 Å². The number of fused-ring (bicyclic) bond motifs is 2. The number of nitrogen functional groups attached to an aromatic ring is 2. The highest BCUT2D eigenvalue weighted by Crippen LogP contribution is 2.44. The van der Waals surface area contributed by atoms with Crippen molar-refractivity contribution in [3.05, 3.63) is 28.8 Å². The monoisotopic (exact) mass is 342 g/mol. The van der Waals surface area contributed by atoms with E-state index in [9.17, 15) is 5.11 Å². The fraction of sp³-hybridized carbons (Fsp3) is 0.294. The van der Waals surface area contributed by atoms with Gasteiger partial charge in [0.25, 0.3) is 0 Å². The van der Waals surface area contributed by atoms with Crippen LogP contribution in [-0.2, 0) is 11.2 Å². The van der Waals surface area contributed by atoms with Crippen LogP contribution in [0.5, 0.6) is 23.1 Å². The first-order valence-corrected chi connectivity index (χ1v) is 7.77. The standard InChI is InChI=1S/C17H18N4O4/c1-2-23-3-4-24-14-7-13-9(6-12(14)22)5-10-15(19)11(8-18)16(20)21-17(10)25-13/h6-7,22H,2-5H2,1H3,(H4,19,20,21). The van der Waals surface area contributed by atoms with Crippen LogP contribution in [0.4, 0.5) is 11.5 Å². The van der Waals surface area contributed by atoms with Crippen molar-refractivity contribution >= 4 is 11.5 Å². The zero-order valence-corrected chi connectivity index (χ0v) is 13.7. The van der Waals surface area contributed by atoms with E-state index in [1.54, 1.807) is 12.1 Å². The van der Waals surface area contributed by atoms with Gasteiger partial charge in [-0.05, 0) is 13.0 Å². The number of aromatic nitrogens is 1. The number of aromatic hydroxyl groups is 1. The lowest BCUT2D eigenvalue weighted by Crippen LogP contribution is -2.12. The maximum Gasteiger partial charge on any atom is 0.226 e. The van der Waals surface area contributed by atoms with E-state index in [0.717, 1.165) is 0 Å². The van der Waals surface area contributed by atoms with Gasteiger partial charge >= 0.3 is 0 Å². The second-order valence-corrected chi connectivity index (χ2v) is 5.43. The second-order valence-electron chi connectivity index (χ2n) is 5.43. The van der Waals surface area contributed by atoms with Gasteiger partial charge in [0.1, 0.15) is 29.8 Å². The molecule has 1 aliphatic heterocycles. The molecule has 0 spiro atoms. The molecule has 8 heteroatoms. The Morgan fingerprint density at radius 2 is 2.16 bits per heavy atom. The van der Waals surface area contributed by atoms with Crippen molar-refractivity contribution in [2.75, 3.05) is 31.3 Å². The average molecular weight is 342 g/mol. The van der Waals surface area contributed by atoms with Crippen molar-refractivity contribution < 1.29 is 19.3 Å². The van der Waals surface area contributed by atoms with Gasteiger partial charge in [0.05, 0.1) is 12.3 Å².